The molecule has 3 atom stereocenters. The Hall–Kier alpha value is -1.65. The molecule has 0 saturated heterocycles. The summed E-state index contributed by atoms with van der Waals surface area (Å²) in [5.41, 5.74) is 0.834. The molecule has 1 saturated carbocycles. The number of carbonyl (C=O) groups excluding carboxylic acids is 1. The van der Waals surface area contributed by atoms with Gasteiger partial charge in [-0.05, 0) is 29.8 Å². The van der Waals surface area contributed by atoms with Gasteiger partial charge >= 0.3 is 0 Å². The zero-order valence-corrected chi connectivity index (χ0v) is 12.6. The van der Waals surface area contributed by atoms with Crippen LogP contribution in [0.15, 0.2) is 59.5 Å². The molecule has 3 nitrogen and oxygen atoms in total. The molecule has 1 fully saturated rings. The van der Waals surface area contributed by atoms with E-state index < -0.39 is 21.0 Å². The summed E-state index contributed by atoms with van der Waals surface area (Å²) in [7, 11) is -3.50. The van der Waals surface area contributed by atoms with Gasteiger partial charge in [0.15, 0.2) is 9.84 Å². The smallest absolute Gasteiger partial charge is 0.182 e. The highest BCUT2D eigenvalue weighted by Gasteiger charge is 2.58. The molecule has 2 aromatic carbocycles. The van der Waals surface area contributed by atoms with Crippen molar-refractivity contribution < 1.29 is 13.2 Å². The molecule has 0 aliphatic heterocycles. The summed E-state index contributed by atoms with van der Waals surface area (Å²) in [6.45, 7) is 0. The van der Waals surface area contributed by atoms with Crippen LogP contribution in [0.25, 0.3) is 0 Å². The Bertz CT molecular complexity index is 754. The summed E-state index contributed by atoms with van der Waals surface area (Å²) in [5.74, 6) is -0.777. The standard InChI is InChI=1S/C16H13ClO3S/c17-12-8-6-11(7-9-12)15-14(10-18)16(15)21(19,20)13-4-2-1-3-5-13/h1-10,14-16H. The molecule has 0 aromatic heterocycles. The molecule has 1 aliphatic carbocycles. The van der Waals surface area contributed by atoms with E-state index in [1.807, 2.05) is 0 Å². The number of aldehydes is 1. The van der Waals surface area contributed by atoms with Gasteiger partial charge in [0.2, 0.25) is 0 Å². The van der Waals surface area contributed by atoms with Crippen molar-refractivity contribution in [2.75, 3.05) is 0 Å². The van der Waals surface area contributed by atoms with Gasteiger partial charge in [-0.3, -0.25) is 0 Å². The second-order valence-electron chi connectivity index (χ2n) is 5.11. The van der Waals surface area contributed by atoms with Crippen LogP contribution in [0.2, 0.25) is 5.02 Å². The van der Waals surface area contributed by atoms with Crippen LogP contribution in [0.4, 0.5) is 0 Å². The summed E-state index contributed by atoms with van der Waals surface area (Å²) < 4.78 is 25.3. The molecule has 0 heterocycles. The molecule has 108 valence electrons. The van der Waals surface area contributed by atoms with Crippen molar-refractivity contribution in [3.8, 4) is 0 Å². The van der Waals surface area contributed by atoms with E-state index in [1.165, 1.54) is 0 Å². The van der Waals surface area contributed by atoms with Crippen LogP contribution in [0, 0.1) is 5.92 Å². The number of benzene rings is 2. The Labute approximate surface area is 128 Å². The largest absolute Gasteiger partial charge is 0.303 e. The maximum absolute atomic E-state index is 12.6. The van der Waals surface area contributed by atoms with E-state index in [0.717, 1.165) is 11.8 Å². The normalized spacial score (nSPS) is 24.5. The fourth-order valence-electron chi connectivity index (χ4n) is 2.73. The Kier molecular flexibility index (Phi) is 3.59. The van der Waals surface area contributed by atoms with E-state index in [-0.39, 0.29) is 10.8 Å². The first-order valence-corrected chi connectivity index (χ1v) is 8.48. The summed E-state index contributed by atoms with van der Waals surface area (Å²) in [6.07, 6.45) is 0.741. The molecule has 0 amide bonds. The maximum Gasteiger partial charge on any atom is 0.182 e. The number of carbonyl (C=O) groups is 1. The highest BCUT2D eigenvalue weighted by atomic mass is 35.5. The van der Waals surface area contributed by atoms with Crippen molar-refractivity contribution in [3.05, 3.63) is 65.2 Å². The minimum Gasteiger partial charge on any atom is -0.303 e. The Balaban J connectivity index is 1.96. The summed E-state index contributed by atoms with van der Waals surface area (Å²) in [5, 5.41) is -0.0944. The van der Waals surface area contributed by atoms with Crippen molar-refractivity contribution in [1.29, 1.82) is 0 Å². The van der Waals surface area contributed by atoms with Gasteiger partial charge in [0, 0.05) is 16.9 Å². The molecule has 0 N–H and O–H groups in total. The van der Waals surface area contributed by atoms with E-state index in [0.29, 0.717) is 5.02 Å². The van der Waals surface area contributed by atoms with Gasteiger partial charge in [0.05, 0.1) is 10.1 Å². The van der Waals surface area contributed by atoms with E-state index in [4.69, 9.17) is 11.6 Å². The van der Waals surface area contributed by atoms with Crippen molar-refractivity contribution in [1.82, 2.24) is 0 Å². The van der Waals surface area contributed by atoms with Crippen LogP contribution < -0.4 is 0 Å². The predicted octanol–water partition coefficient (Wildman–Crippen LogP) is 3.09. The number of halogens is 1. The van der Waals surface area contributed by atoms with Crippen molar-refractivity contribution in [2.45, 2.75) is 16.1 Å². The van der Waals surface area contributed by atoms with Crippen LogP contribution in [0.3, 0.4) is 0 Å². The lowest BCUT2D eigenvalue weighted by atomic mass is 10.1. The third kappa shape index (κ3) is 2.49. The quantitative estimate of drug-likeness (QED) is 0.813. The average molecular weight is 321 g/mol. The van der Waals surface area contributed by atoms with Gasteiger partial charge in [0.25, 0.3) is 0 Å². The summed E-state index contributed by atoms with van der Waals surface area (Å²) >= 11 is 5.84. The lowest BCUT2D eigenvalue weighted by Crippen LogP contribution is -2.10. The molecule has 0 spiro atoms. The Morgan fingerprint density at radius 1 is 0.952 bits per heavy atom. The van der Waals surface area contributed by atoms with Gasteiger partial charge in [-0.2, -0.15) is 0 Å². The number of sulfone groups is 1. The molecular weight excluding hydrogens is 308 g/mol. The third-order valence-corrected chi connectivity index (χ3v) is 6.35. The van der Waals surface area contributed by atoms with E-state index >= 15 is 0 Å². The van der Waals surface area contributed by atoms with Crippen molar-refractivity contribution in [3.63, 3.8) is 0 Å². The molecule has 0 radical (unpaired) electrons. The lowest BCUT2D eigenvalue weighted by molar-refractivity contribution is -0.108. The van der Waals surface area contributed by atoms with Gasteiger partial charge in [-0.25, -0.2) is 8.42 Å². The van der Waals surface area contributed by atoms with Crippen LogP contribution in [0.5, 0.6) is 0 Å². The monoisotopic (exact) mass is 320 g/mol. The van der Waals surface area contributed by atoms with E-state index in [2.05, 4.69) is 0 Å². The fraction of sp³-hybridized carbons (Fsp3) is 0.188. The third-order valence-electron chi connectivity index (χ3n) is 3.85. The first kappa shape index (κ1) is 14.3. The molecular formula is C16H13ClO3S. The average Bonchev–Trinajstić information content (AvgIpc) is 3.24. The molecule has 2 aromatic rings. The van der Waals surface area contributed by atoms with Crippen molar-refractivity contribution >= 4 is 27.7 Å². The maximum atomic E-state index is 12.6. The number of hydrogen-bond acceptors (Lipinski definition) is 3. The Morgan fingerprint density at radius 2 is 1.57 bits per heavy atom. The summed E-state index contributed by atoms with van der Waals surface area (Å²) in [6, 6.07) is 15.2. The minimum absolute atomic E-state index is 0.262. The fourth-order valence-corrected chi connectivity index (χ4v) is 4.99. The molecule has 1 aliphatic rings. The van der Waals surface area contributed by atoms with Crippen molar-refractivity contribution in [2.24, 2.45) is 5.92 Å². The summed E-state index contributed by atoms with van der Waals surface area (Å²) in [4.78, 5) is 11.5. The molecule has 3 unspecified atom stereocenters. The topological polar surface area (TPSA) is 51.2 Å². The lowest BCUT2D eigenvalue weighted by Gasteiger charge is -2.04. The first-order valence-electron chi connectivity index (χ1n) is 6.55. The highest BCUT2D eigenvalue weighted by Crippen LogP contribution is 2.52. The van der Waals surface area contributed by atoms with E-state index in [1.54, 1.807) is 54.6 Å². The van der Waals surface area contributed by atoms with Gasteiger partial charge in [-0.1, -0.05) is 41.9 Å². The Morgan fingerprint density at radius 3 is 2.14 bits per heavy atom. The van der Waals surface area contributed by atoms with Gasteiger partial charge < -0.3 is 4.79 Å². The second kappa shape index (κ2) is 5.28. The number of hydrogen-bond donors (Lipinski definition) is 0. The highest BCUT2D eigenvalue weighted by molar-refractivity contribution is 7.92. The van der Waals surface area contributed by atoms with Gasteiger partial charge in [0.1, 0.15) is 6.29 Å². The molecule has 0 bridgehead atoms. The molecule has 3 rings (SSSR count). The van der Waals surface area contributed by atoms with Crippen LogP contribution >= 0.6 is 11.6 Å². The van der Waals surface area contributed by atoms with Gasteiger partial charge in [-0.15, -0.1) is 0 Å². The minimum atomic E-state index is -3.50. The first-order chi connectivity index (χ1) is 10.1. The zero-order valence-electron chi connectivity index (χ0n) is 11.0. The van der Waals surface area contributed by atoms with Crippen LogP contribution in [-0.2, 0) is 14.6 Å². The zero-order chi connectivity index (χ0) is 15.0. The number of rotatable bonds is 4. The van der Waals surface area contributed by atoms with Crippen LogP contribution in [-0.4, -0.2) is 20.0 Å². The second-order valence-corrected chi connectivity index (χ2v) is 7.66. The predicted molar refractivity (Wildman–Crippen MR) is 81.2 cm³/mol. The SMILES string of the molecule is O=CC1C(c2ccc(Cl)cc2)C1S(=O)(=O)c1ccccc1. The molecule has 5 heteroatoms. The van der Waals surface area contributed by atoms with E-state index in [9.17, 15) is 13.2 Å². The van der Waals surface area contributed by atoms with Crippen LogP contribution in [0.1, 0.15) is 11.5 Å². The molecule has 21 heavy (non-hydrogen) atoms.